The standard InChI is InChI=1S/C13H10F4IN3/c14-9-2-7(1-8(3-9)13(15,16)17)5-20-11-4-10(18)6-21-12(11)19/h1-4,6,20H,5H2,(H2,19,21). The van der Waals surface area contributed by atoms with Crippen molar-refractivity contribution < 1.29 is 17.6 Å². The van der Waals surface area contributed by atoms with Crippen LogP contribution in [0.2, 0.25) is 0 Å². The van der Waals surface area contributed by atoms with E-state index in [9.17, 15) is 17.6 Å². The van der Waals surface area contributed by atoms with Crippen molar-refractivity contribution in [1.29, 1.82) is 0 Å². The van der Waals surface area contributed by atoms with Gasteiger partial charge in [0.1, 0.15) is 11.6 Å². The highest BCUT2D eigenvalue weighted by molar-refractivity contribution is 14.1. The van der Waals surface area contributed by atoms with Gasteiger partial charge in [-0.25, -0.2) is 9.37 Å². The number of alkyl halides is 3. The number of aromatic nitrogens is 1. The molecule has 0 bridgehead atoms. The zero-order chi connectivity index (χ0) is 15.6. The van der Waals surface area contributed by atoms with Gasteiger partial charge in [0.25, 0.3) is 0 Å². The minimum atomic E-state index is -4.58. The van der Waals surface area contributed by atoms with E-state index in [0.717, 1.165) is 15.7 Å². The van der Waals surface area contributed by atoms with Gasteiger partial charge in [-0.05, 0) is 52.4 Å². The molecule has 0 aliphatic carbocycles. The van der Waals surface area contributed by atoms with Crippen molar-refractivity contribution in [1.82, 2.24) is 4.98 Å². The maximum absolute atomic E-state index is 13.3. The van der Waals surface area contributed by atoms with Crippen LogP contribution in [0.15, 0.2) is 30.5 Å². The first-order valence-corrected chi connectivity index (χ1v) is 6.85. The molecule has 0 fully saturated rings. The predicted molar refractivity (Wildman–Crippen MR) is 80.1 cm³/mol. The number of benzene rings is 1. The molecule has 21 heavy (non-hydrogen) atoms. The summed E-state index contributed by atoms with van der Waals surface area (Å²) in [5, 5.41) is 2.85. The number of nitrogen functional groups attached to an aromatic ring is 1. The Balaban J connectivity index is 2.20. The number of hydrogen-bond acceptors (Lipinski definition) is 3. The van der Waals surface area contributed by atoms with Gasteiger partial charge in [-0.3, -0.25) is 0 Å². The largest absolute Gasteiger partial charge is 0.416 e. The summed E-state index contributed by atoms with van der Waals surface area (Å²) in [6, 6.07) is 4.10. The predicted octanol–water partition coefficient (Wildman–Crippen LogP) is 4.04. The van der Waals surface area contributed by atoms with E-state index in [1.165, 1.54) is 0 Å². The Hall–Kier alpha value is -1.58. The second kappa shape index (κ2) is 6.04. The molecule has 3 N–H and O–H groups in total. The number of rotatable bonds is 3. The number of pyridine rings is 1. The smallest absolute Gasteiger partial charge is 0.382 e. The van der Waals surface area contributed by atoms with Crippen molar-refractivity contribution in [2.75, 3.05) is 11.1 Å². The lowest BCUT2D eigenvalue weighted by Crippen LogP contribution is -2.09. The number of nitrogens with one attached hydrogen (secondary N) is 1. The Morgan fingerprint density at radius 1 is 1.19 bits per heavy atom. The second-order valence-corrected chi connectivity index (χ2v) is 5.53. The van der Waals surface area contributed by atoms with Crippen LogP contribution in [-0.4, -0.2) is 4.98 Å². The van der Waals surface area contributed by atoms with Crippen LogP contribution in [0.5, 0.6) is 0 Å². The lowest BCUT2D eigenvalue weighted by molar-refractivity contribution is -0.137. The van der Waals surface area contributed by atoms with Gasteiger partial charge in [0, 0.05) is 16.3 Å². The summed E-state index contributed by atoms with van der Waals surface area (Å²) in [5.74, 6) is -0.710. The molecule has 0 amide bonds. The molecule has 0 unspecified atom stereocenters. The molecule has 0 spiro atoms. The molecule has 0 aliphatic rings. The van der Waals surface area contributed by atoms with E-state index in [1.807, 2.05) is 22.6 Å². The average Bonchev–Trinajstić information content (AvgIpc) is 2.38. The third-order valence-corrected chi connectivity index (χ3v) is 3.24. The third-order valence-electron chi connectivity index (χ3n) is 2.65. The van der Waals surface area contributed by atoms with Gasteiger partial charge < -0.3 is 11.1 Å². The molecular weight excluding hydrogens is 401 g/mol. The topological polar surface area (TPSA) is 50.9 Å². The first-order valence-electron chi connectivity index (χ1n) is 5.77. The zero-order valence-electron chi connectivity index (χ0n) is 10.5. The Morgan fingerprint density at radius 2 is 1.90 bits per heavy atom. The third kappa shape index (κ3) is 4.19. The highest BCUT2D eigenvalue weighted by atomic mass is 127. The highest BCUT2D eigenvalue weighted by Crippen LogP contribution is 2.30. The molecule has 8 heteroatoms. The van der Waals surface area contributed by atoms with Crippen LogP contribution in [0.25, 0.3) is 0 Å². The molecule has 112 valence electrons. The summed E-state index contributed by atoms with van der Waals surface area (Å²) in [5.41, 5.74) is 5.28. The van der Waals surface area contributed by atoms with Gasteiger partial charge in [-0.15, -0.1) is 0 Å². The molecule has 0 radical (unpaired) electrons. The fourth-order valence-electron chi connectivity index (χ4n) is 1.70. The second-order valence-electron chi connectivity index (χ2n) is 4.29. The Bertz CT molecular complexity index is 658. The average molecular weight is 411 g/mol. The van der Waals surface area contributed by atoms with Crippen LogP contribution in [0, 0.1) is 9.39 Å². The minimum Gasteiger partial charge on any atom is -0.382 e. The summed E-state index contributed by atoms with van der Waals surface area (Å²) in [6.07, 6.45) is -3.02. The van der Waals surface area contributed by atoms with E-state index in [0.29, 0.717) is 11.8 Å². The van der Waals surface area contributed by atoms with Crippen molar-refractivity contribution in [3.8, 4) is 0 Å². The molecule has 1 aromatic carbocycles. The van der Waals surface area contributed by atoms with E-state index in [2.05, 4.69) is 10.3 Å². The monoisotopic (exact) mass is 411 g/mol. The summed E-state index contributed by atoms with van der Waals surface area (Å²) in [7, 11) is 0. The van der Waals surface area contributed by atoms with Crippen molar-refractivity contribution in [2.45, 2.75) is 12.7 Å². The summed E-state index contributed by atoms with van der Waals surface area (Å²) >= 11 is 2.03. The van der Waals surface area contributed by atoms with Crippen LogP contribution in [-0.2, 0) is 12.7 Å². The molecule has 0 saturated heterocycles. The number of halogens is 5. The Morgan fingerprint density at radius 3 is 2.57 bits per heavy atom. The molecule has 2 aromatic rings. The molecule has 2 rings (SSSR count). The first kappa shape index (κ1) is 15.8. The van der Waals surface area contributed by atoms with Gasteiger partial charge in [0.15, 0.2) is 0 Å². The fraction of sp³-hybridized carbons (Fsp3) is 0.154. The van der Waals surface area contributed by atoms with E-state index in [4.69, 9.17) is 5.73 Å². The Labute approximate surface area is 131 Å². The van der Waals surface area contributed by atoms with E-state index in [1.54, 1.807) is 12.3 Å². The van der Waals surface area contributed by atoms with Crippen molar-refractivity contribution in [3.63, 3.8) is 0 Å². The number of nitrogens with zero attached hydrogens (tertiary/aromatic N) is 1. The van der Waals surface area contributed by atoms with Crippen molar-refractivity contribution >= 4 is 34.1 Å². The minimum absolute atomic E-state index is 0.00676. The molecule has 1 aromatic heterocycles. The van der Waals surface area contributed by atoms with E-state index >= 15 is 0 Å². The van der Waals surface area contributed by atoms with Gasteiger partial charge in [0.2, 0.25) is 0 Å². The number of hydrogen-bond donors (Lipinski definition) is 2. The molecule has 1 heterocycles. The lowest BCUT2D eigenvalue weighted by Gasteiger charge is -2.12. The fourth-order valence-corrected chi connectivity index (χ4v) is 2.16. The normalized spacial score (nSPS) is 11.5. The molecule has 0 atom stereocenters. The summed E-state index contributed by atoms with van der Waals surface area (Å²) in [4.78, 5) is 3.92. The van der Waals surface area contributed by atoms with Gasteiger partial charge >= 0.3 is 6.18 Å². The molecule has 0 aliphatic heterocycles. The highest BCUT2D eigenvalue weighted by Gasteiger charge is 2.31. The maximum Gasteiger partial charge on any atom is 0.416 e. The van der Waals surface area contributed by atoms with Crippen LogP contribution in [0.1, 0.15) is 11.1 Å². The van der Waals surface area contributed by atoms with Crippen molar-refractivity contribution in [3.05, 3.63) is 51.0 Å². The van der Waals surface area contributed by atoms with Crippen LogP contribution in [0.4, 0.5) is 29.1 Å². The molecular formula is C13H10F4IN3. The lowest BCUT2D eigenvalue weighted by atomic mass is 10.1. The maximum atomic E-state index is 13.3. The van der Waals surface area contributed by atoms with E-state index in [-0.39, 0.29) is 17.9 Å². The first-order chi connectivity index (χ1) is 9.75. The van der Waals surface area contributed by atoms with Gasteiger partial charge in [-0.2, -0.15) is 13.2 Å². The summed E-state index contributed by atoms with van der Waals surface area (Å²) < 4.78 is 51.9. The molecule has 3 nitrogen and oxygen atoms in total. The zero-order valence-corrected chi connectivity index (χ0v) is 12.7. The van der Waals surface area contributed by atoms with Crippen LogP contribution < -0.4 is 11.1 Å². The SMILES string of the molecule is Nc1ncc(I)cc1NCc1cc(F)cc(C(F)(F)F)c1. The summed E-state index contributed by atoms with van der Waals surface area (Å²) in [6.45, 7) is 0.00676. The van der Waals surface area contributed by atoms with Crippen LogP contribution >= 0.6 is 22.6 Å². The van der Waals surface area contributed by atoms with Crippen LogP contribution in [0.3, 0.4) is 0 Å². The van der Waals surface area contributed by atoms with Crippen molar-refractivity contribution in [2.24, 2.45) is 0 Å². The quantitative estimate of drug-likeness (QED) is 0.593. The number of anilines is 2. The van der Waals surface area contributed by atoms with E-state index < -0.39 is 17.6 Å². The Kier molecular flexibility index (Phi) is 4.55. The van der Waals surface area contributed by atoms with Gasteiger partial charge in [0.05, 0.1) is 11.3 Å². The van der Waals surface area contributed by atoms with Gasteiger partial charge in [-0.1, -0.05) is 0 Å². The molecule has 0 saturated carbocycles. The number of nitrogens with two attached hydrogens (primary N) is 1.